The van der Waals surface area contributed by atoms with E-state index in [4.69, 9.17) is 5.73 Å². The highest BCUT2D eigenvalue weighted by Gasteiger charge is 2.09. The number of carbonyl (C=O) groups excluding carboxylic acids is 1. The third-order valence-electron chi connectivity index (χ3n) is 3.72. The van der Waals surface area contributed by atoms with Crippen LogP contribution in [0.1, 0.15) is 23.0 Å². The highest BCUT2D eigenvalue weighted by Crippen LogP contribution is 2.19. The van der Waals surface area contributed by atoms with E-state index in [2.05, 4.69) is 27.1 Å². The fourth-order valence-corrected chi connectivity index (χ4v) is 2.07. The average molecular weight is 313 g/mol. The molecule has 0 spiro atoms. The number of nitrogen functional groups attached to an aromatic ring is 1. The first kappa shape index (κ1) is 16.9. The van der Waals surface area contributed by atoms with Crippen molar-refractivity contribution in [1.82, 2.24) is 20.2 Å². The predicted molar refractivity (Wildman–Crippen MR) is 92.1 cm³/mol. The molecule has 6 heteroatoms. The maximum atomic E-state index is 12.2. The molecule has 0 aliphatic heterocycles. The van der Waals surface area contributed by atoms with Gasteiger partial charge in [0.25, 0.3) is 5.91 Å². The zero-order valence-corrected chi connectivity index (χ0v) is 13.8. The van der Waals surface area contributed by atoms with Gasteiger partial charge in [0.1, 0.15) is 5.82 Å². The highest BCUT2D eigenvalue weighted by molar-refractivity contribution is 5.95. The monoisotopic (exact) mass is 313 g/mol. The Hall–Kier alpha value is -2.47. The number of amides is 1. The van der Waals surface area contributed by atoms with Gasteiger partial charge in [0.15, 0.2) is 0 Å². The van der Waals surface area contributed by atoms with Crippen LogP contribution in [0.4, 0.5) is 5.82 Å². The van der Waals surface area contributed by atoms with Crippen molar-refractivity contribution in [3.8, 4) is 11.3 Å². The van der Waals surface area contributed by atoms with Crippen molar-refractivity contribution in [3.05, 3.63) is 41.7 Å². The molecule has 0 saturated heterocycles. The quantitative estimate of drug-likeness (QED) is 0.848. The van der Waals surface area contributed by atoms with Gasteiger partial charge in [-0.15, -0.1) is 0 Å². The minimum Gasteiger partial charge on any atom is -0.382 e. The van der Waals surface area contributed by atoms with Crippen molar-refractivity contribution < 1.29 is 4.79 Å². The Balaban J connectivity index is 2.10. The second kappa shape index (κ2) is 7.69. The number of nitrogens with one attached hydrogen (secondary N) is 1. The van der Waals surface area contributed by atoms with Gasteiger partial charge < -0.3 is 16.0 Å². The molecule has 6 nitrogen and oxygen atoms in total. The van der Waals surface area contributed by atoms with Crippen LogP contribution in [0, 0.1) is 6.92 Å². The Morgan fingerprint density at radius 1 is 1.39 bits per heavy atom. The Kier molecular flexibility index (Phi) is 5.65. The van der Waals surface area contributed by atoms with Crippen LogP contribution in [-0.4, -0.2) is 47.5 Å². The van der Waals surface area contributed by atoms with Crippen LogP contribution in [0.3, 0.4) is 0 Å². The molecule has 0 bridgehead atoms. The van der Waals surface area contributed by atoms with Gasteiger partial charge in [0.05, 0.1) is 17.6 Å². The van der Waals surface area contributed by atoms with Crippen LogP contribution >= 0.6 is 0 Å². The number of nitrogens with zero attached hydrogens (tertiary/aromatic N) is 3. The molecular weight excluding hydrogens is 290 g/mol. The van der Waals surface area contributed by atoms with E-state index in [0.717, 1.165) is 18.7 Å². The molecule has 3 N–H and O–H groups in total. The summed E-state index contributed by atoms with van der Waals surface area (Å²) in [6.07, 6.45) is 1.62. The van der Waals surface area contributed by atoms with Crippen LogP contribution in [0.5, 0.6) is 0 Å². The number of aromatic nitrogens is 2. The first-order valence-corrected chi connectivity index (χ1v) is 7.67. The van der Waals surface area contributed by atoms with E-state index in [1.807, 2.05) is 32.2 Å². The molecule has 122 valence electrons. The Labute approximate surface area is 136 Å². The van der Waals surface area contributed by atoms with Gasteiger partial charge in [0, 0.05) is 24.2 Å². The maximum absolute atomic E-state index is 12.2. The number of carbonyl (C=O) groups is 1. The lowest BCUT2D eigenvalue weighted by atomic mass is 10.1. The maximum Gasteiger partial charge on any atom is 0.251 e. The molecule has 1 amide bonds. The summed E-state index contributed by atoms with van der Waals surface area (Å²) >= 11 is 0. The van der Waals surface area contributed by atoms with E-state index >= 15 is 0 Å². The van der Waals surface area contributed by atoms with Crippen LogP contribution in [0.25, 0.3) is 11.3 Å². The molecule has 0 unspecified atom stereocenters. The van der Waals surface area contributed by atoms with Crippen molar-refractivity contribution >= 4 is 11.7 Å². The highest BCUT2D eigenvalue weighted by atomic mass is 16.1. The Bertz CT molecular complexity index is 686. The number of rotatable bonds is 6. The third kappa shape index (κ3) is 4.50. The topological polar surface area (TPSA) is 84.1 Å². The summed E-state index contributed by atoms with van der Waals surface area (Å²) in [5.41, 5.74) is 8.54. The van der Waals surface area contributed by atoms with Crippen LogP contribution < -0.4 is 11.1 Å². The van der Waals surface area contributed by atoms with Crippen molar-refractivity contribution in [3.63, 3.8) is 0 Å². The fraction of sp³-hybridized carbons (Fsp3) is 0.353. The molecule has 1 aromatic carbocycles. The predicted octanol–water partition coefficient (Wildman–Crippen LogP) is 1.72. The Morgan fingerprint density at radius 3 is 2.87 bits per heavy atom. The summed E-state index contributed by atoms with van der Waals surface area (Å²) in [5.74, 6) is 0.333. The molecule has 2 aromatic rings. The van der Waals surface area contributed by atoms with Gasteiger partial charge in [0.2, 0.25) is 0 Å². The SMILES string of the molecule is CCN(C)CCNC(=O)c1cccc(-c2cnc(N)c(C)n2)c1. The lowest BCUT2D eigenvalue weighted by molar-refractivity contribution is 0.0950. The number of likely N-dealkylation sites (N-methyl/N-ethyl adjacent to an activating group) is 1. The van der Waals surface area contributed by atoms with Gasteiger partial charge >= 0.3 is 0 Å². The summed E-state index contributed by atoms with van der Waals surface area (Å²) < 4.78 is 0. The normalized spacial score (nSPS) is 10.8. The molecular formula is C17H23N5O. The van der Waals surface area contributed by atoms with Crippen LogP contribution in [0.2, 0.25) is 0 Å². The minimum absolute atomic E-state index is 0.0866. The molecule has 0 radical (unpaired) electrons. The number of hydrogen-bond acceptors (Lipinski definition) is 5. The summed E-state index contributed by atoms with van der Waals surface area (Å²) in [7, 11) is 2.02. The van der Waals surface area contributed by atoms with Gasteiger partial charge in [-0.2, -0.15) is 0 Å². The first-order valence-electron chi connectivity index (χ1n) is 7.67. The van der Waals surface area contributed by atoms with Crippen molar-refractivity contribution in [2.45, 2.75) is 13.8 Å². The smallest absolute Gasteiger partial charge is 0.251 e. The zero-order chi connectivity index (χ0) is 16.8. The third-order valence-corrected chi connectivity index (χ3v) is 3.72. The number of anilines is 1. The summed E-state index contributed by atoms with van der Waals surface area (Å²) in [6, 6.07) is 7.36. The van der Waals surface area contributed by atoms with Gasteiger partial charge in [-0.1, -0.05) is 19.1 Å². The number of aryl methyl sites for hydroxylation is 1. The van der Waals surface area contributed by atoms with Gasteiger partial charge in [-0.3, -0.25) is 4.79 Å². The molecule has 0 atom stereocenters. The van der Waals surface area contributed by atoms with Crippen molar-refractivity contribution in [2.75, 3.05) is 32.4 Å². The molecule has 1 heterocycles. The standard InChI is InChI=1S/C17H23N5O/c1-4-22(3)9-8-19-17(23)14-7-5-6-13(10-14)15-11-20-16(18)12(2)21-15/h5-7,10-11H,4,8-9H2,1-3H3,(H2,18,20)(H,19,23). The number of hydrogen-bond donors (Lipinski definition) is 2. The number of nitrogens with two attached hydrogens (primary N) is 1. The molecule has 0 aliphatic carbocycles. The van der Waals surface area contributed by atoms with Crippen molar-refractivity contribution in [2.24, 2.45) is 0 Å². The Morgan fingerprint density at radius 2 is 2.17 bits per heavy atom. The molecule has 1 aromatic heterocycles. The van der Waals surface area contributed by atoms with E-state index < -0.39 is 0 Å². The first-order chi connectivity index (χ1) is 11.0. The second-order valence-corrected chi connectivity index (χ2v) is 5.46. The van der Waals surface area contributed by atoms with Gasteiger partial charge in [-0.25, -0.2) is 9.97 Å². The zero-order valence-electron chi connectivity index (χ0n) is 13.8. The van der Waals surface area contributed by atoms with Crippen LogP contribution in [-0.2, 0) is 0 Å². The number of benzene rings is 1. The van der Waals surface area contributed by atoms with E-state index in [1.54, 1.807) is 12.3 Å². The van der Waals surface area contributed by atoms with Gasteiger partial charge in [-0.05, 0) is 32.6 Å². The largest absolute Gasteiger partial charge is 0.382 e. The molecule has 23 heavy (non-hydrogen) atoms. The van der Waals surface area contributed by atoms with E-state index in [9.17, 15) is 4.79 Å². The van der Waals surface area contributed by atoms with E-state index in [-0.39, 0.29) is 5.91 Å². The molecule has 0 saturated carbocycles. The lowest BCUT2D eigenvalue weighted by Gasteiger charge is -2.14. The molecule has 0 fully saturated rings. The summed E-state index contributed by atoms with van der Waals surface area (Å²) in [4.78, 5) is 22.9. The molecule has 0 aliphatic rings. The van der Waals surface area contributed by atoms with E-state index in [1.165, 1.54) is 0 Å². The average Bonchev–Trinajstić information content (AvgIpc) is 2.57. The summed E-state index contributed by atoms with van der Waals surface area (Å²) in [5, 5.41) is 2.93. The van der Waals surface area contributed by atoms with Crippen molar-refractivity contribution in [1.29, 1.82) is 0 Å². The minimum atomic E-state index is -0.0866. The van der Waals surface area contributed by atoms with Crippen LogP contribution in [0.15, 0.2) is 30.5 Å². The summed E-state index contributed by atoms with van der Waals surface area (Å²) in [6.45, 7) is 6.30. The fourth-order valence-electron chi connectivity index (χ4n) is 2.07. The lowest BCUT2D eigenvalue weighted by Crippen LogP contribution is -2.32. The molecule has 2 rings (SSSR count). The van der Waals surface area contributed by atoms with E-state index in [0.29, 0.717) is 29.3 Å². The second-order valence-electron chi connectivity index (χ2n) is 5.46.